The molecule has 32 heavy (non-hydrogen) atoms. The summed E-state index contributed by atoms with van der Waals surface area (Å²) in [5.74, 6) is -3.15. The predicted molar refractivity (Wildman–Crippen MR) is 122 cm³/mol. The van der Waals surface area contributed by atoms with Gasteiger partial charge in [0.1, 0.15) is 18.6 Å². The SMILES string of the molecule is CCC(C)C(NC(=O)C(N)Cc1ccccc1)C(=O)NC(C(=O)NCC(=O)O)C(C)CC. The molecule has 0 spiro atoms. The van der Waals surface area contributed by atoms with Crippen molar-refractivity contribution in [3.8, 4) is 0 Å². The zero-order valence-corrected chi connectivity index (χ0v) is 19.3. The van der Waals surface area contributed by atoms with Crippen LogP contribution < -0.4 is 21.7 Å². The van der Waals surface area contributed by atoms with Gasteiger partial charge in [-0.2, -0.15) is 0 Å². The van der Waals surface area contributed by atoms with Gasteiger partial charge in [0.25, 0.3) is 0 Å². The van der Waals surface area contributed by atoms with E-state index in [2.05, 4.69) is 16.0 Å². The number of rotatable bonds is 13. The number of nitrogens with two attached hydrogens (primary N) is 1. The van der Waals surface area contributed by atoms with Crippen LogP contribution in [0.15, 0.2) is 30.3 Å². The molecule has 9 nitrogen and oxygen atoms in total. The molecule has 0 saturated heterocycles. The Morgan fingerprint density at radius 3 is 1.88 bits per heavy atom. The Bertz CT molecular complexity index is 771. The van der Waals surface area contributed by atoms with E-state index in [0.717, 1.165) is 5.56 Å². The average molecular weight is 449 g/mol. The van der Waals surface area contributed by atoms with Crippen LogP contribution in [0.5, 0.6) is 0 Å². The zero-order valence-electron chi connectivity index (χ0n) is 19.3. The number of hydrogen-bond acceptors (Lipinski definition) is 5. The van der Waals surface area contributed by atoms with Crippen LogP contribution >= 0.6 is 0 Å². The first-order valence-electron chi connectivity index (χ1n) is 11.0. The Kier molecular flexibility index (Phi) is 11.4. The lowest BCUT2D eigenvalue weighted by Crippen LogP contribution is -2.59. The average Bonchev–Trinajstić information content (AvgIpc) is 2.78. The first kappa shape index (κ1) is 27.1. The molecule has 0 aromatic heterocycles. The van der Waals surface area contributed by atoms with Crippen LogP contribution in [-0.2, 0) is 25.6 Å². The minimum atomic E-state index is -1.18. The lowest BCUT2D eigenvalue weighted by atomic mass is 9.94. The fourth-order valence-electron chi connectivity index (χ4n) is 3.14. The van der Waals surface area contributed by atoms with E-state index in [1.807, 2.05) is 51.1 Å². The highest BCUT2D eigenvalue weighted by molar-refractivity contribution is 5.94. The van der Waals surface area contributed by atoms with Crippen molar-refractivity contribution in [1.29, 1.82) is 0 Å². The van der Waals surface area contributed by atoms with Crippen LogP contribution in [0.25, 0.3) is 0 Å². The van der Waals surface area contributed by atoms with Gasteiger partial charge in [-0.15, -0.1) is 0 Å². The van der Waals surface area contributed by atoms with Gasteiger partial charge >= 0.3 is 5.97 Å². The quantitative estimate of drug-likeness (QED) is 0.301. The van der Waals surface area contributed by atoms with Gasteiger partial charge in [-0.1, -0.05) is 70.9 Å². The molecule has 6 N–H and O–H groups in total. The van der Waals surface area contributed by atoms with E-state index >= 15 is 0 Å². The molecule has 0 aliphatic rings. The number of nitrogens with one attached hydrogen (secondary N) is 3. The second-order valence-corrected chi connectivity index (χ2v) is 8.15. The fraction of sp³-hybridized carbons (Fsp3) is 0.565. The Morgan fingerprint density at radius 2 is 1.38 bits per heavy atom. The number of benzene rings is 1. The summed E-state index contributed by atoms with van der Waals surface area (Å²) < 4.78 is 0. The summed E-state index contributed by atoms with van der Waals surface area (Å²) >= 11 is 0. The van der Waals surface area contributed by atoms with E-state index in [1.165, 1.54) is 0 Å². The molecule has 5 unspecified atom stereocenters. The van der Waals surface area contributed by atoms with Crippen LogP contribution in [-0.4, -0.2) is 53.5 Å². The monoisotopic (exact) mass is 448 g/mol. The van der Waals surface area contributed by atoms with Crippen molar-refractivity contribution < 1.29 is 24.3 Å². The first-order chi connectivity index (χ1) is 15.1. The van der Waals surface area contributed by atoms with Gasteiger partial charge in [-0.3, -0.25) is 19.2 Å². The summed E-state index contributed by atoms with van der Waals surface area (Å²) in [6.45, 7) is 6.84. The molecule has 1 rings (SSSR count). The smallest absolute Gasteiger partial charge is 0.322 e. The number of aliphatic carboxylic acids is 1. The molecule has 0 saturated carbocycles. The molecule has 3 amide bonds. The number of carboxylic acid groups (broad SMARTS) is 1. The summed E-state index contributed by atoms with van der Waals surface area (Å²) in [5, 5.41) is 16.6. The summed E-state index contributed by atoms with van der Waals surface area (Å²) in [6.07, 6.45) is 1.54. The number of carbonyl (C=O) groups excluding carboxylic acids is 3. The maximum Gasteiger partial charge on any atom is 0.322 e. The third kappa shape index (κ3) is 8.66. The Labute approximate surface area is 189 Å². The molecule has 0 radical (unpaired) electrons. The molecule has 1 aromatic rings. The van der Waals surface area contributed by atoms with E-state index < -0.39 is 48.4 Å². The highest BCUT2D eigenvalue weighted by Crippen LogP contribution is 2.13. The summed E-state index contributed by atoms with van der Waals surface area (Å²) in [7, 11) is 0. The molecular weight excluding hydrogens is 412 g/mol. The van der Waals surface area contributed by atoms with Crippen LogP contribution in [0.2, 0.25) is 0 Å². The molecule has 0 aliphatic heterocycles. The Balaban J connectivity index is 2.91. The first-order valence-corrected chi connectivity index (χ1v) is 11.0. The lowest BCUT2D eigenvalue weighted by Gasteiger charge is -2.29. The van der Waals surface area contributed by atoms with Crippen molar-refractivity contribution in [2.45, 2.75) is 65.1 Å². The molecule has 0 bridgehead atoms. The van der Waals surface area contributed by atoms with Gasteiger partial charge in [0.2, 0.25) is 17.7 Å². The number of amides is 3. The second-order valence-electron chi connectivity index (χ2n) is 8.15. The zero-order chi connectivity index (χ0) is 24.3. The summed E-state index contributed by atoms with van der Waals surface area (Å²) in [4.78, 5) is 49.0. The third-order valence-corrected chi connectivity index (χ3v) is 5.64. The number of carbonyl (C=O) groups is 4. The predicted octanol–water partition coefficient (Wildman–Crippen LogP) is 0.819. The van der Waals surface area contributed by atoms with Crippen molar-refractivity contribution >= 4 is 23.7 Å². The minimum Gasteiger partial charge on any atom is -0.480 e. The molecule has 9 heteroatoms. The minimum absolute atomic E-state index is 0.206. The highest BCUT2D eigenvalue weighted by atomic mass is 16.4. The largest absolute Gasteiger partial charge is 0.480 e. The van der Waals surface area contributed by atoms with Crippen molar-refractivity contribution in [2.24, 2.45) is 17.6 Å². The number of carboxylic acids is 1. The molecule has 0 fully saturated rings. The van der Waals surface area contributed by atoms with Crippen molar-refractivity contribution in [3.63, 3.8) is 0 Å². The standard InChI is InChI=1S/C23H36N4O5/c1-5-14(3)19(22(31)25-13-18(28)29)27-23(32)20(15(4)6-2)26-21(30)17(24)12-16-10-8-7-9-11-16/h7-11,14-15,17,19-20H,5-6,12-13,24H2,1-4H3,(H,25,31)(H,26,30)(H,27,32)(H,28,29). The van der Waals surface area contributed by atoms with Crippen LogP contribution in [0.1, 0.15) is 46.1 Å². The highest BCUT2D eigenvalue weighted by Gasteiger charge is 2.33. The molecular formula is C23H36N4O5. The van der Waals surface area contributed by atoms with E-state index in [-0.39, 0.29) is 11.8 Å². The second kappa shape index (κ2) is 13.5. The lowest BCUT2D eigenvalue weighted by molar-refractivity contribution is -0.139. The third-order valence-electron chi connectivity index (χ3n) is 5.64. The van der Waals surface area contributed by atoms with Crippen molar-refractivity contribution in [2.75, 3.05) is 6.54 Å². The molecule has 1 aromatic carbocycles. The topological polar surface area (TPSA) is 151 Å². The van der Waals surface area contributed by atoms with Gasteiger partial charge in [-0.05, 0) is 23.8 Å². The van der Waals surface area contributed by atoms with E-state index in [9.17, 15) is 19.2 Å². The Morgan fingerprint density at radius 1 is 0.875 bits per heavy atom. The van der Waals surface area contributed by atoms with Gasteiger partial charge in [0, 0.05) is 0 Å². The van der Waals surface area contributed by atoms with Crippen molar-refractivity contribution in [1.82, 2.24) is 16.0 Å². The van der Waals surface area contributed by atoms with E-state index in [0.29, 0.717) is 19.3 Å². The summed E-state index contributed by atoms with van der Waals surface area (Å²) in [6, 6.07) is 6.71. The van der Waals surface area contributed by atoms with Crippen LogP contribution in [0, 0.1) is 11.8 Å². The number of hydrogen-bond donors (Lipinski definition) is 5. The summed E-state index contributed by atoms with van der Waals surface area (Å²) in [5.41, 5.74) is 6.97. The van der Waals surface area contributed by atoms with E-state index in [4.69, 9.17) is 10.8 Å². The molecule has 178 valence electrons. The fourth-order valence-corrected chi connectivity index (χ4v) is 3.14. The normalized spacial score (nSPS) is 15.5. The van der Waals surface area contributed by atoms with Gasteiger partial charge in [0.15, 0.2) is 0 Å². The Hall–Kier alpha value is -2.94. The maximum atomic E-state index is 13.1. The van der Waals surface area contributed by atoms with Gasteiger partial charge in [0.05, 0.1) is 6.04 Å². The molecule has 0 heterocycles. The van der Waals surface area contributed by atoms with Crippen LogP contribution in [0.4, 0.5) is 0 Å². The van der Waals surface area contributed by atoms with Crippen molar-refractivity contribution in [3.05, 3.63) is 35.9 Å². The van der Waals surface area contributed by atoms with Gasteiger partial charge < -0.3 is 26.8 Å². The molecule has 5 atom stereocenters. The maximum absolute atomic E-state index is 13.1. The van der Waals surface area contributed by atoms with Crippen LogP contribution in [0.3, 0.4) is 0 Å². The molecule has 0 aliphatic carbocycles. The van der Waals surface area contributed by atoms with E-state index in [1.54, 1.807) is 6.92 Å². The van der Waals surface area contributed by atoms with Gasteiger partial charge in [-0.25, -0.2) is 0 Å².